The van der Waals surface area contributed by atoms with Gasteiger partial charge >= 0.3 is 0 Å². The van der Waals surface area contributed by atoms with Crippen LogP contribution in [0.2, 0.25) is 0 Å². The lowest BCUT2D eigenvalue weighted by molar-refractivity contribution is -0.160. The third kappa shape index (κ3) is 27.0. The van der Waals surface area contributed by atoms with Gasteiger partial charge in [0.15, 0.2) is 0 Å². The Hall–Kier alpha value is -9.36. The molecular weight excluding hydrogens is 1900 g/mol. The fourth-order valence-electron chi connectivity index (χ4n) is 13.1. The largest absolute Gasteiger partial charge is 0.394 e. The van der Waals surface area contributed by atoms with E-state index in [-0.39, 0.29) is 0 Å². The van der Waals surface area contributed by atoms with Crippen LogP contribution >= 0.6 is 0 Å². The van der Waals surface area contributed by atoms with Crippen molar-refractivity contribution in [3.63, 3.8) is 0 Å². The fraction of sp³-hybridized carbons (Fsp3) is 0.700. The van der Waals surface area contributed by atoms with Crippen LogP contribution in [0.4, 0.5) is 0 Å². The van der Waals surface area contributed by atoms with Gasteiger partial charge in [0.25, 0.3) is 0 Å². The molecule has 0 aliphatic heterocycles. The van der Waals surface area contributed by atoms with Crippen LogP contribution in [0.5, 0.6) is 0 Å². The zero-order valence-corrected chi connectivity index (χ0v) is 75.7. The van der Waals surface area contributed by atoms with Crippen molar-refractivity contribution >= 4 is 70.9 Å². The minimum absolute atomic E-state index is 0.425. The minimum atomic E-state index is -4.32. The summed E-state index contributed by atoms with van der Waals surface area (Å²) in [6, 6.07) is 2.80. The van der Waals surface area contributed by atoms with Gasteiger partial charge in [-0.3, -0.25) is 57.5 Å². The molecule has 0 aromatic heterocycles. The molecule has 0 radical (unpaired) electrons. The Morgan fingerprint density at radius 2 is 0.207 bits per heavy atom. The van der Waals surface area contributed by atoms with Gasteiger partial charge in [-0.1, -0.05) is 36.4 Å². The molecule has 0 saturated carbocycles. The summed E-state index contributed by atoms with van der Waals surface area (Å²) in [5.74, 6) is -28.3. The zero-order chi connectivity index (χ0) is 107. The average Bonchev–Trinajstić information content (AvgIpc) is 0.754. The molecule has 2 aromatic carbocycles. The summed E-state index contributed by atoms with van der Waals surface area (Å²) in [5.41, 5.74) is -60.3. The summed E-state index contributed by atoms with van der Waals surface area (Å²) >= 11 is 0. The number of carbonyl (C=O) groups is 12. The van der Waals surface area contributed by atoms with Crippen molar-refractivity contribution in [3.05, 3.63) is 58.7 Å². The Kier molecular flexibility index (Phi) is 49.2. The first-order valence-corrected chi connectivity index (χ1v) is 42.1. The molecule has 2 aromatic rings. The first-order chi connectivity index (χ1) is 66.0. The Morgan fingerprint density at radius 3 is 0.271 bits per heavy atom. The van der Waals surface area contributed by atoms with Crippen molar-refractivity contribution in [1.82, 2.24) is 63.8 Å². The number of rotatable bonds is 69. The highest BCUT2D eigenvalue weighted by atomic mass is 16.4. The van der Waals surface area contributed by atoms with Crippen molar-refractivity contribution in [2.45, 2.75) is 92.2 Å². The van der Waals surface area contributed by atoms with Crippen LogP contribution in [0.3, 0.4) is 0 Å². The van der Waals surface area contributed by atoms with E-state index in [1.807, 2.05) is 63.8 Å². The topological polar surface area (TPSA) is 1080 Å². The molecule has 802 valence electrons. The van der Waals surface area contributed by atoms with Gasteiger partial charge in [-0.05, 0) is 33.4 Å². The van der Waals surface area contributed by atoms with E-state index >= 15 is 57.5 Å². The van der Waals surface area contributed by atoms with Crippen molar-refractivity contribution in [1.29, 1.82) is 0 Å². The number of hydrogen-bond donors (Lipinski definition) is 48. The summed E-state index contributed by atoms with van der Waals surface area (Å²) in [5, 5.41) is 413. The van der Waals surface area contributed by atoms with Crippen LogP contribution in [0.25, 0.3) is 11.1 Å². The zero-order valence-electron chi connectivity index (χ0n) is 75.7. The SMILES string of the molecule is O=C(NC(CO)(CO)CO)C(Cc1cc(CC(C(=O)NC(CO)(CO)CO)(C(=O)NC(CO)(CO)CO)C(=O)NC(CO)(CO)CO)cc(-c2cc(CC(C(=O)NC(CO)(CO)CO)(C(=O)NC(CO)(CO)CO)C(=O)NC(CO)(CO)CO)cc(CC(C(=O)NC(CO)(CO)CO)(C(=O)NC(CO)(CO)CO)C(=O)NC(CO)(CO)CO)c2)c1)(C(=O)NC(CO)(CO)CO)C(=O)NC(CO)(CO)CO. The third-order valence-corrected chi connectivity index (χ3v) is 24.4. The van der Waals surface area contributed by atoms with E-state index in [0.29, 0.717) is 36.4 Å². The first-order valence-electron chi connectivity index (χ1n) is 42.1. The van der Waals surface area contributed by atoms with Crippen molar-refractivity contribution in [2.24, 2.45) is 21.7 Å². The number of aliphatic hydroxyl groups is 36. The lowest BCUT2D eigenvalue weighted by atomic mass is 9.73. The molecule has 0 unspecified atom stereocenters. The quantitative estimate of drug-likeness (QED) is 0.0274. The lowest BCUT2D eigenvalue weighted by Gasteiger charge is -2.41. The Balaban J connectivity index is 4.82. The van der Waals surface area contributed by atoms with E-state index in [4.69, 9.17) is 0 Å². The molecule has 0 aliphatic rings. The first kappa shape index (κ1) is 127. The van der Waals surface area contributed by atoms with Gasteiger partial charge in [0.2, 0.25) is 92.5 Å². The summed E-state index contributed by atoms with van der Waals surface area (Å²) in [6.45, 7) is -60.5. The van der Waals surface area contributed by atoms with Gasteiger partial charge in [0, 0.05) is 25.7 Å². The van der Waals surface area contributed by atoms with Gasteiger partial charge < -0.3 is 248 Å². The van der Waals surface area contributed by atoms with Crippen LogP contribution in [-0.2, 0) is 83.2 Å². The second-order valence-corrected chi connectivity index (χ2v) is 34.9. The molecule has 140 heavy (non-hydrogen) atoms. The van der Waals surface area contributed by atoms with Crippen LogP contribution in [-0.4, -0.2) is 559 Å². The Morgan fingerprint density at radius 1 is 0.136 bits per heavy atom. The Bertz CT molecular complexity index is 3410. The molecule has 0 bridgehead atoms. The maximum Gasteiger partial charge on any atom is 0.246 e. The van der Waals surface area contributed by atoms with E-state index < -0.39 is 456 Å². The molecule has 0 aliphatic carbocycles. The van der Waals surface area contributed by atoms with Crippen molar-refractivity contribution in [2.75, 3.05) is 238 Å². The number of carbonyl (C=O) groups excluding carboxylic acids is 12. The summed E-state index contributed by atoms with van der Waals surface area (Å²) in [7, 11) is 0. The van der Waals surface area contributed by atoms with E-state index in [1.54, 1.807) is 0 Å². The smallest absolute Gasteiger partial charge is 0.246 e. The number of amides is 12. The molecule has 60 heteroatoms. The highest BCUT2D eigenvalue weighted by Crippen LogP contribution is 2.40. The standard InChI is InChI=1S/C80H134N12O48/c93-11-65(12-94,13-95)81-53(129)77(54(130)82-66(14-96,15-97)16-98,55(131)83-67(17-99,18-100)19-101)7-47-1-48(8-78(56(132)84-68(20-102,21-103)22-104,57(133)85-69(23-105,24-106)25-107)58(134)86-70(26-108,27-109)28-110)4-51(3-47)52-5-49(9-79(59(135)87-71(29-111,30-112)31-113,60(136)88-72(32-114,33-115)34-116)61(137)89-73(35-117,36-118)37-119)2-50(6-52)10-80(62(138)90-74(38-120,39-121)40-122,63(139)91-75(41-123,42-124)43-125)64(140)92-76(44-126,45-127)46-128/h1-6,93-128H,7-46H2,(H,81,129)(H,82,130)(H,83,131)(H,84,132)(H,85,133)(H,86,134)(H,87,135)(H,88,136)(H,89,137)(H,90,138)(H,91,139)(H,92,140). The Labute approximate surface area is 794 Å². The summed E-state index contributed by atoms with van der Waals surface area (Å²) < 4.78 is 0. The maximum atomic E-state index is 16.2. The predicted octanol–water partition coefficient (Wildman–Crippen LogP) is -28.5. The normalized spacial score (nSPS) is 13.2. The second kappa shape index (κ2) is 54.4. The molecule has 0 atom stereocenters. The van der Waals surface area contributed by atoms with E-state index in [0.717, 1.165) is 0 Å². The lowest BCUT2D eigenvalue weighted by Crippen LogP contribution is -2.72. The molecule has 48 N–H and O–H groups in total. The van der Waals surface area contributed by atoms with Gasteiger partial charge in [-0.2, -0.15) is 0 Å². The second-order valence-electron chi connectivity index (χ2n) is 34.9. The van der Waals surface area contributed by atoms with E-state index in [2.05, 4.69) is 0 Å². The number of benzene rings is 2. The molecule has 0 heterocycles. The van der Waals surface area contributed by atoms with Gasteiger partial charge in [-0.15, -0.1) is 0 Å². The van der Waals surface area contributed by atoms with Crippen LogP contribution in [0.1, 0.15) is 22.3 Å². The molecule has 0 spiro atoms. The summed E-state index contributed by atoms with van der Waals surface area (Å²) in [6.07, 6.45) is -8.45. The molecule has 2 rings (SSSR count). The highest BCUT2D eigenvalue weighted by molar-refractivity contribution is 6.26. The molecular formula is C80H134N12O48. The molecule has 60 nitrogen and oxygen atoms in total. The van der Waals surface area contributed by atoms with Crippen LogP contribution < -0.4 is 63.8 Å². The van der Waals surface area contributed by atoms with Crippen molar-refractivity contribution in [3.8, 4) is 11.1 Å². The molecule has 12 amide bonds. The van der Waals surface area contributed by atoms with Crippen LogP contribution in [0.15, 0.2) is 36.4 Å². The predicted molar refractivity (Wildman–Crippen MR) is 462 cm³/mol. The minimum Gasteiger partial charge on any atom is -0.394 e. The van der Waals surface area contributed by atoms with E-state index in [9.17, 15) is 184 Å². The highest BCUT2D eigenvalue weighted by Gasteiger charge is 2.64. The number of nitrogens with one attached hydrogen (secondary N) is 12. The third-order valence-electron chi connectivity index (χ3n) is 24.4. The monoisotopic (exact) mass is 2030 g/mol. The van der Waals surface area contributed by atoms with Gasteiger partial charge in [0.1, 0.15) is 66.5 Å². The fourth-order valence-corrected chi connectivity index (χ4v) is 13.1. The van der Waals surface area contributed by atoms with Crippen molar-refractivity contribution < 1.29 is 241 Å². The van der Waals surface area contributed by atoms with E-state index in [1.165, 1.54) is 0 Å². The number of hydrogen-bond acceptors (Lipinski definition) is 48. The molecule has 0 saturated heterocycles. The van der Waals surface area contributed by atoms with Gasteiger partial charge in [0.05, 0.1) is 238 Å². The number of aliphatic hydroxyl groups excluding tert-OH is 36. The maximum absolute atomic E-state index is 16.2. The summed E-state index contributed by atoms with van der Waals surface area (Å²) in [4.78, 5) is 194. The average molecular weight is 2030 g/mol. The van der Waals surface area contributed by atoms with Crippen LogP contribution in [0, 0.1) is 21.7 Å². The van der Waals surface area contributed by atoms with Gasteiger partial charge in [-0.25, -0.2) is 0 Å². The molecule has 0 fully saturated rings.